The number of nitrogens with zero attached hydrogens (tertiary/aromatic N) is 1. The largest absolute Gasteiger partial charge is 0.756 e. The molecule has 0 heterocycles. The van der Waals surface area contributed by atoms with Gasteiger partial charge >= 0.3 is 11.9 Å². The molecule has 0 aliphatic heterocycles. The molecule has 0 amide bonds. The normalized spacial score (nSPS) is 13.6. The summed E-state index contributed by atoms with van der Waals surface area (Å²) in [7, 11) is 1.16. The van der Waals surface area contributed by atoms with Crippen molar-refractivity contribution in [3.05, 3.63) is 48.6 Å². The molecule has 0 fully saturated rings. The van der Waals surface area contributed by atoms with Crippen LogP contribution < -0.4 is 4.89 Å². The lowest BCUT2D eigenvalue weighted by molar-refractivity contribution is -0.870. The van der Waals surface area contributed by atoms with Crippen LogP contribution in [0.4, 0.5) is 0 Å². The molecule has 0 aliphatic carbocycles. The fourth-order valence-electron chi connectivity index (χ4n) is 8.67. The maximum Gasteiger partial charge on any atom is 0.306 e. The molecular weight excluding hydrogens is 918 g/mol. The molecule has 9 nitrogen and oxygen atoms in total. The number of phosphoric acid groups is 1. The van der Waals surface area contributed by atoms with Crippen molar-refractivity contribution in [2.75, 3.05) is 47.5 Å². The molecule has 0 radical (unpaired) electrons. The van der Waals surface area contributed by atoms with Gasteiger partial charge in [-0.25, -0.2) is 0 Å². The molecule has 2 unspecified atom stereocenters. The zero-order valence-corrected chi connectivity index (χ0v) is 48.8. The molecule has 0 rings (SSSR count). The first kappa shape index (κ1) is 70.0. The van der Waals surface area contributed by atoms with Crippen LogP contribution in [0.5, 0.6) is 0 Å². The molecule has 0 aromatic carbocycles. The van der Waals surface area contributed by atoms with E-state index >= 15 is 0 Å². The van der Waals surface area contributed by atoms with Gasteiger partial charge in [-0.2, -0.15) is 0 Å². The summed E-state index contributed by atoms with van der Waals surface area (Å²) in [6.07, 6.45) is 67.6. The van der Waals surface area contributed by atoms with E-state index in [0.717, 1.165) is 70.6 Å². The van der Waals surface area contributed by atoms with Gasteiger partial charge in [0.1, 0.15) is 19.8 Å². The molecule has 0 aromatic rings. The Morgan fingerprint density at radius 2 is 0.792 bits per heavy atom. The number of esters is 2. The number of carbonyl (C=O) groups is 2. The van der Waals surface area contributed by atoms with E-state index in [0.29, 0.717) is 17.4 Å². The van der Waals surface area contributed by atoms with E-state index in [1.165, 1.54) is 180 Å². The number of ether oxygens (including phenoxy) is 2. The van der Waals surface area contributed by atoms with Crippen molar-refractivity contribution < 1.29 is 42.1 Å². The molecule has 0 saturated heterocycles. The third-order valence-corrected chi connectivity index (χ3v) is 14.3. The quantitative estimate of drug-likeness (QED) is 0.0195. The summed E-state index contributed by atoms with van der Waals surface area (Å²) in [6.45, 7) is 4.13. The third-order valence-electron chi connectivity index (χ3n) is 13.3. The molecule has 0 saturated carbocycles. The van der Waals surface area contributed by atoms with E-state index in [1.807, 2.05) is 21.1 Å². The molecule has 72 heavy (non-hydrogen) atoms. The number of hydrogen-bond acceptors (Lipinski definition) is 8. The number of hydrogen-bond donors (Lipinski definition) is 0. The summed E-state index contributed by atoms with van der Waals surface area (Å²) in [5, 5.41) is 0. The van der Waals surface area contributed by atoms with Gasteiger partial charge in [-0.1, -0.05) is 249 Å². The van der Waals surface area contributed by atoms with Crippen LogP contribution in [0.25, 0.3) is 0 Å². The molecular formula is C62H116NO8P. The third kappa shape index (κ3) is 57.3. The van der Waals surface area contributed by atoms with Crippen molar-refractivity contribution in [2.45, 2.75) is 290 Å². The Kier molecular flexibility index (Phi) is 52.3. The minimum atomic E-state index is -4.64. The van der Waals surface area contributed by atoms with Crippen LogP contribution >= 0.6 is 7.82 Å². The second-order valence-corrected chi connectivity index (χ2v) is 23.1. The predicted molar refractivity (Wildman–Crippen MR) is 305 cm³/mol. The summed E-state index contributed by atoms with van der Waals surface area (Å²) >= 11 is 0. The van der Waals surface area contributed by atoms with Crippen molar-refractivity contribution in [3.63, 3.8) is 0 Å². The van der Waals surface area contributed by atoms with Crippen molar-refractivity contribution in [1.82, 2.24) is 0 Å². The highest BCUT2D eigenvalue weighted by molar-refractivity contribution is 7.45. The Morgan fingerprint density at radius 1 is 0.444 bits per heavy atom. The average molecular weight is 1030 g/mol. The second-order valence-electron chi connectivity index (χ2n) is 21.7. The fraction of sp³-hybridized carbons (Fsp3) is 0.839. The maximum atomic E-state index is 12.7. The van der Waals surface area contributed by atoms with Gasteiger partial charge in [0.15, 0.2) is 6.10 Å². The van der Waals surface area contributed by atoms with Gasteiger partial charge in [0.25, 0.3) is 7.82 Å². The molecule has 0 spiro atoms. The number of rotatable bonds is 56. The molecule has 0 N–H and O–H groups in total. The first-order valence-corrected chi connectivity index (χ1v) is 31.8. The highest BCUT2D eigenvalue weighted by atomic mass is 31.2. The zero-order valence-electron chi connectivity index (χ0n) is 47.9. The lowest BCUT2D eigenvalue weighted by atomic mass is 10.0. The van der Waals surface area contributed by atoms with E-state index in [1.54, 1.807) is 0 Å². The Bertz CT molecular complexity index is 1360. The van der Waals surface area contributed by atoms with E-state index in [4.69, 9.17) is 18.5 Å². The van der Waals surface area contributed by atoms with E-state index in [9.17, 15) is 19.0 Å². The molecule has 0 bridgehead atoms. The molecule has 10 heteroatoms. The van der Waals surface area contributed by atoms with E-state index in [2.05, 4.69) is 62.5 Å². The van der Waals surface area contributed by atoms with E-state index in [-0.39, 0.29) is 32.0 Å². The summed E-state index contributed by atoms with van der Waals surface area (Å²) in [5.41, 5.74) is 0. The Balaban J connectivity index is 3.98. The summed E-state index contributed by atoms with van der Waals surface area (Å²) in [4.78, 5) is 37.8. The molecule has 2 atom stereocenters. The highest BCUT2D eigenvalue weighted by Crippen LogP contribution is 2.38. The minimum Gasteiger partial charge on any atom is -0.756 e. The van der Waals surface area contributed by atoms with Crippen LogP contribution in [0.1, 0.15) is 284 Å². The van der Waals surface area contributed by atoms with Gasteiger partial charge in [0.05, 0.1) is 27.7 Å². The standard InChI is InChI=1S/C62H116NO8P/c1-6-8-10-12-14-16-18-20-22-23-24-25-26-27-28-29-30-31-32-33-34-35-36-37-38-39-41-42-44-46-48-50-52-54-61(64)68-58-60(59-70-72(66,67)69-57-56-63(3,4)5)71-62(65)55-53-51-49-47-45-43-40-21-19-17-15-13-11-9-7-2/h9,11,15,17,21,23-24,40,60H,6-8,10,12-14,16,18-20,22,25-39,41-59H2,1-5H3/b11-9-,17-15-,24-23-,40-21-. The van der Waals surface area contributed by atoms with Gasteiger partial charge in [-0.05, 0) is 70.6 Å². The van der Waals surface area contributed by atoms with Crippen molar-refractivity contribution >= 4 is 19.8 Å². The van der Waals surface area contributed by atoms with Crippen LogP contribution in [-0.4, -0.2) is 70.0 Å². The van der Waals surface area contributed by atoms with Crippen LogP contribution in [-0.2, 0) is 32.7 Å². The maximum absolute atomic E-state index is 12.7. The van der Waals surface area contributed by atoms with Crippen LogP contribution in [0.15, 0.2) is 48.6 Å². The average Bonchev–Trinajstić information content (AvgIpc) is 3.34. The van der Waals surface area contributed by atoms with Crippen LogP contribution in [0.3, 0.4) is 0 Å². The molecule has 422 valence electrons. The van der Waals surface area contributed by atoms with Crippen LogP contribution in [0, 0.1) is 0 Å². The van der Waals surface area contributed by atoms with Gasteiger partial charge in [0.2, 0.25) is 0 Å². The van der Waals surface area contributed by atoms with Crippen LogP contribution in [0.2, 0.25) is 0 Å². The minimum absolute atomic E-state index is 0.0343. The first-order chi connectivity index (χ1) is 35.0. The topological polar surface area (TPSA) is 111 Å². The number of allylic oxidation sites excluding steroid dienone is 8. The fourth-order valence-corrected chi connectivity index (χ4v) is 9.40. The number of unbranched alkanes of at least 4 members (excludes halogenated alkanes) is 34. The van der Waals surface area contributed by atoms with Crippen molar-refractivity contribution in [3.8, 4) is 0 Å². The predicted octanol–water partition coefficient (Wildman–Crippen LogP) is 18.3. The van der Waals surface area contributed by atoms with Gasteiger partial charge < -0.3 is 27.9 Å². The smallest absolute Gasteiger partial charge is 0.306 e. The SMILES string of the molecule is CC/C=C\C/C=C\C/C=C\CCCCCCCC(=O)OC(COC(=O)CCCCCCCCCCCCCCCCCCCCCCC/C=C\CCCCCCCCCC)COP(=O)([O-])OCC[N+](C)(C)C. The van der Waals surface area contributed by atoms with Gasteiger partial charge in [-0.3, -0.25) is 14.2 Å². The number of carbonyl (C=O) groups excluding carboxylic acids is 2. The van der Waals surface area contributed by atoms with Crippen molar-refractivity contribution in [1.29, 1.82) is 0 Å². The summed E-state index contributed by atoms with van der Waals surface area (Å²) in [5.74, 6) is -0.844. The number of quaternary nitrogens is 1. The Morgan fingerprint density at radius 3 is 1.19 bits per heavy atom. The Labute approximate surface area is 445 Å². The number of likely N-dealkylation sites (N-methyl/N-ethyl adjacent to an activating group) is 1. The summed E-state index contributed by atoms with van der Waals surface area (Å²) in [6, 6.07) is 0. The zero-order chi connectivity index (χ0) is 52.7. The number of phosphoric ester groups is 1. The monoisotopic (exact) mass is 1030 g/mol. The lowest BCUT2D eigenvalue weighted by Gasteiger charge is -2.28. The lowest BCUT2D eigenvalue weighted by Crippen LogP contribution is -2.37. The van der Waals surface area contributed by atoms with Gasteiger partial charge in [-0.15, -0.1) is 0 Å². The van der Waals surface area contributed by atoms with Crippen molar-refractivity contribution in [2.24, 2.45) is 0 Å². The molecule has 0 aliphatic rings. The van der Waals surface area contributed by atoms with Gasteiger partial charge in [0, 0.05) is 12.8 Å². The highest BCUT2D eigenvalue weighted by Gasteiger charge is 2.22. The summed E-state index contributed by atoms with van der Waals surface area (Å²) < 4.78 is 34.1. The Hall–Kier alpha value is -2.03. The second kappa shape index (κ2) is 53.8. The first-order valence-electron chi connectivity index (χ1n) is 30.3. The van der Waals surface area contributed by atoms with E-state index < -0.39 is 26.5 Å². The molecule has 0 aromatic heterocycles.